The Balaban J connectivity index is 0.000000433. The molecule has 2 aromatic heterocycles. The van der Waals surface area contributed by atoms with Gasteiger partial charge in [-0.2, -0.15) is 13.2 Å². The van der Waals surface area contributed by atoms with Crippen LogP contribution in [0.1, 0.15) is 102 Å². The molecule has 0 aliphatic heterocycles. The quantitative estimate of drug-likeness (QED) is 0.0815. The fraction of sp³-hybridized carbons (Fsp3) is 0.422. The number of hydrogen-bond donors (Lipinski definition) is 1. The van der Waals surface area contributed by atoms with Crippen molar-refractivity contribution in [3.8, 4) is 22.6 Å². The zero-order chi connectivity index (χ0) is 40.2. The monoisotopic (exact) mass is 907 g/mol. The normalized spacial score (nSPS) is 13.4. The molecule has 0 saturated carbocycles. The van der Waals surface area contributed by atoms with Gasteiger partial charge in [-0.05, 0) is 61.2 Å². The summed E-state index contributed by atoms with van der Waals surface area (Å²) >= 11 is 0. The summed E-state index contributed by atoms with van der Waals surface area (Å²) in [6.07, 6.45) is -0.788. The molecular weight excluding hydrogens is 852 g/mol. The van der Waals surface area contributed by atoms with Gasteiger partial charge in [0.05, 0.1) is 11.2 Å². The fourth-order valence-electron chi connectivity index (χ4n) is 6.18. The molecule has 287 valence electrons. The summed E-state index contributed by atoms with van der Waals surface area (Å²) in [7, 11) is 0. The van der Waals surface area contributed by atoms with E-state index in [2.05, 4.69) is 44.0 Å². The third-order valence-corrected chi connectivity index (χ3v) is 9.67. The van der Waals surface area contributed by atoms with E-state index < -0.39 is 18.0 Å². The van der Waals surface area contributed by atoms with Crippen molar-refractivity contribution < 1.29 is 50.3 Å². The van der Waals surface area contributed by atoms with Crippen molar-refractivity contribution in [2.75, 3.05) is 0 Å². The average Bonchev–Trinajstić information content (AvgIpc) is 3.55. The van der Waals surface area contributed by atoms with E-state index in [-0.39, 0.29) is 54.5 Å². The van der Waals surface area contributed by atoms with Gasteiger partial charge in [-0.1, -0.05) is 110 Å². The van der Waals surface area contributed by atoms with Crippen LogP contribution < -0.4 is 0 Å². The van der Waals surface area contributed by atoms with Gasteiger partial charge in [0.1, 0.15) is 11.3 Å². The zero-order valence-corrected chi connectivity index (χ0v) is 34.6. The Morgan fingerprint density at radius 1 is 0.906 bits per heavy atom. The Morgan fingerprint density at radius 2 is 1.55 bits per heavy atom. The predicted octanol–water partition coefficient (Wildman–Crippen LogP) is 13.4. The number of carbonyl (C=O) groups excluding carboxylic acids is 1. The molecule has 0 aliphatic rings. The number of halogens is 3. The zero-order valence-electron chi connectivity index (χ0n) is 34.2. The molecule has 0 bridgehead atoms. The van der Waals surface area contributed by atoms with E-state index in [4.69, 9.17) is 7.16 Å². The van der Waals surface area contributed by atoms with Crippen molar-refractivity contribution in [2.45, 2.75) is 106 Å². The van der Waals surface area contributed by atoms with Crippen LogP contribution in [0, 0.1) is 23.3 Å². The summed E-state index contributed by atoms with van der Waals surface area (Å²) in [5.41, 5.74) is 1.04. The topological polar surface area (TPSA) is 63.3 Å². The molecule has 1 radical (unpaired) electrons. The number of benzene rings is 3. The Morgan fingerprint density at radius 3 is 2.15 bits per heavy atom. The number of aliphatic hydroxyl groups is 1. The van der Waals surface area contributed by atoms with Crippen LogP contribution in [0.2, 0.25) is 0 Å². The number of fused-ring (bicyclic) bond motifs is 2. The second-order valence-electron chi connectivity index (χ2n) is 14.9. The van der Waals surface area contributed by atoms with E-state index in [1.807, 2.05) is 52.0 Å². The molecule has 0 spiro atoms. The number of aromatic nitrogens is 1. The molecule has 0 atom stereocenters. The maximum Gasteiger partial charge on any atom is 0.394 e. The van der Waals surface area contributed by atoms with E-state index in [0.29, 0.717) is 22.4 Å². The van der Waals surface area contributed by atoms with Crippen molar-refractivity contribution in [3.63, 3.8) is 0 Å². The van der Waals surface area contributed by atoms with Gasteiger partial charge in [0.25, 0.3) is 0 Å². The first-order chi connectivity index (χ1) is 25.2. The van der Waals surface area contributed by atoms with Crippen LogP contribution in [0.4, 0.5) is 13.2 Å². The molecule has 0 unspecified atom stereocenters. The number of ketones is 1. The number of alkyl halides is 3. The minimum atomic E-state index is -4.72. The van der Waals surface area contributed by atoms with Crippen molar-refractivity contribution in [1.29, 1.82) is 0 Å². The third kappa shape index (κ3) is 10.7. The molecule has 4 nitrogen and oxygen atoms in total. The summed E-state index contributed by atoms with van der Waals surface area (Å²) in [5.74, 6) is 1.06. The molecule has 8 heteroatoms. The Bertz CT molecular complexity index is 2110. The second kappa shape index (κ2) is 18.1. The molecule has 1 N–H and O–H groups in total. The molecule has 0 amide bonds. The Hall–Kier alpha value is -3.74. The van der Waals surface area contributed by atoms with Crippen molar-refractivity contribution in [3.05, 3.63) is 102 Å². The maximum atomic E-state index is 13.6. The van der Waals surface area contributed by atoms with Crippen molar-refractivity contribution in [2.24, 2.45) is 17.3 Å². The molecule has 5 aromatic rings. The summed E-state index contributed by atoms with van der Waals surface area (Å²) in [4.78, 5) is 16.3. The van der Waals surface area contributed by atoms with Gasteiger partial charge < -0.3 is 9.52 Å². The number of rotatable bonds is 11. The number of pyridine rings is 1. The van der Waals surface area contributed by atoms with Crippen LogP contribution in [-0.2, 0) is 36.7 Å². The molecule has 3 aromatic carbocycles. The Kier molecular flexibility index (Phi) is 13.8. The Labute approximate surface area is 329 Å². The van der Waals surface area contributed by atoms with Gasteiger partial charge in [-0.15, -0.1) is 29.1 Å². The summed E-state index contributed by atoms with van der Waals surface area (Å²) in [6.45, 7) is 16.3. The summed E-state index contributed by atoms with van der Waals surface area (Å²) < 4.78 is 63.6. The van der Waals surface area contributed by atoms with E-state index in [1.165, 1.54) is 23.8 Å². The first-order valence-corrected chi connectivity index (χ1v) is 18.2. The number of hydrogen-bond acceptors (Lipinski definition) is 4. The van der Waals surface area contributed by atoms with Crippen molar-refractivity contribution >= 4 is 27.5 Å². The van der Waals surface area contributed by atoms with Crippen molar-refractivity contribution in [1.82, 2.24) is 4.98 Å². The molecular formula is C45H53F3IrNO3-. The molecule has 0 aliphatic carbocycles. The standard InChI is InChI=1S/C32H29F3NO.C13H24O2.Ir/c1-30(2,3)26-16-24(15-21-8-6-7-9-25(21)26)27-17-23(12-13-36-27)29-18-22-11-10-20(14-28(22)37-29)19-31(4,5)32(33,34)35;1-5-10(6-2)12(14)9-13(15)11(7-3)8-4;/h6-14,16-18H,19H2,1-5H3;9-11,14H,5-8H2,1-4H3;/q-1;;/b;12-9-;/i19D2;;. The van der Waals surface area contributed by atoms with Gasteiger partial charge in [0, 0.05) is 63.6 Å². The molecule has 53 heavy (non-hydrogen) atoms. The van der Waals surface area contributed by atoms with Crippen LogP contribution in [0.5, 0.6) is 0 Å². The van der Waals surface area contributed by atoms with Gasteiger partial charge in [-0.25, -0.2) is 0 Å². The van der Waals surface area contributed by atoms with E-state index >= 15 is 0 Å². The fourth-order valence-corrected chi connectivity index (χ4v) is 6.18. The third-order valence-electron chi connectivity index (χ3n) is 9.67. The van der Waals surface area contributed by atoms with Crippen LogP contribution in [-0.4, -0.2) is 22.1 Å². The molecule has 0 fully saturated rings. The predicted molar refractivity (Wildman–Crippen MR) is 207 cm³/mol. The largest absolute Gasteiger partial charge is 0.512 e. The maximum absolute atomic E-state index is 13.6. The smallest absolute Gasteiger partial charge is 0.394 e. The minimum absolute atomic E-state index is 0. The number of allylic oxidation sites excluding steroid dienone is 2. The summed E-state index contributed by atoms with van der Waals surface area (Å²) in [6, 6.07) is 23.6. The van der Waals surface area contributed by atoms with Gasteiger partial charge >= 0.3 is 6.18 Å². The van der Waals surface area contributed by atoms with Crippen LogP contribution in [0.3, 0.4) is 0 Å². The van der Waals surface area contributed by atoms with Crippen LogP contribution >= 0.6 is 0 Å². The number of nitrogens with zero attached hydrogens (tertiary/aromatic N) is 1. The molecule has 2 heterocycles. The van der Waals surface area contributed by atoms with Gasteiger partial charge in [0.15, 0.2) is 5.78 Å². The number of aliphatic hydroxyl groups excluding tert-OH is 1. The number of carbonyl (C=O) groups is 1. The first kappa shape index (κ1) is 40.4. The SMILES string of the molecule is CCC(CC)C(=O)/C=C(\O)C(CC)CC.[2H]C([2H])(c1ccc2cc(-c3ccnc(-c4[c-]c5ccccc5c(C(C)(C)C)c4)c3)oc2c1)C(C)(C)C(F)(F)F.[Ir]. The average molecular weight is 907 g/mol. The van der Waals surface area contributed by atoms with Crippen LogP contribution in [0.25, 0.3) is 44.3 Å². The van der Waals surface area contributed by atoms with Gasteiger partial charge in [0.2, 0.25) is 0 Å². The van der Waals surface area contributed by atoms with Gasteiger partial charge in [-0.3, -0.25) is 9.78 Å². The van der Waals surface area contributed by atoms with E-state index in [0.717, 1.165) is 61.4 Å². The van der Waals surface area contributed by atoms with Crippen LogP contribution in [0.15, 0.2) is 89.2 Å². The number of furan rings is 1. The second-order valence-corrected chi connectivity index (χ2v) is 14.9. The minimum Gasteiger partial charge on any atom is -0.512 e. The van der Waals surface area contributed by atoms with E-state index in [9.17, 15) is 23.1 Å². The summed E-state index contributed by atoms with van der Waals surface area (Å²) in [5, 5.41) is 12.6. The van der Waals surface area contributed by atoms with E-state index in [1.54, 1.807) is 24.4 Å². The molecule has 0 saturated heterocycles. The molecule has 5 rings (SSSR count). The first-order valence-electron chi connectivity index (χ1n) is 19.2.